The van der Waals surface area contributed by atoms with Crippen LogP contribution in [0.2, 0.25) is 0 Å². The molecule has 0 radical (unpaired) electrons. The monoisotopic (exact) mass is 274 g/mol. The van der Waals surface area contributed by atoms with Crippen molar-refractivity contribution in [1.82, 2.24) is 4.98 Å². The molecule has 8 heteroatoms. The largest absolute Gasteiger partial charge is 0.433 e. The van der Waals surface area contributed by atoms with Crippen LogP contribution in [-0.4, -0.2) is 29.1 Å². The van der Waals surface area contributed by atoms with Gasteiger partial charge in [-0.05, 0) is 25.0 Å². The van der Waals surface area contributed by atoms with Crippen molar-refractivity contribution < 1.29 is 18.4 Å². The highest BCUT2D eigenvalue weighted by atomic mass is 19.4. The number of anilines is 1. The third-order valence-electron chi connectivity index (χ3n) is 2.95. The lowest BCUT2D eigenvalue weighted by Crippen LogP contribution is -2.26. The van der Waals surface area contributed by atoms with E-state index in [1.807, 2.05) is 0 Å². The lowest BCUT2D eigenvalue weighted by molar-refractivity contribution is -0.141. The van der Waals surface area contributed by atoms with Crippen molar-refractivity contribution in [3.8, 4) is 0 Å². The van der Waals surface area contributed by atoms with Gasteiger partial charge in [-0.2, -0.15) is 13.2 Å². The predicted octanol–water partition coefficient (Wildman–Crippen LogP) is 1.80. The van der Waals surface area contributed by atoms with Crippen LogP contribution in [0, 0.1) is 0 Å². The first-order valence-corrected chi connectivity index (χ1v) is 5.74. The van der Waals surface area contributed by atoms with Crippen molar-refractivity contribution in [1.29, 1.82) is 0 Å². The molecule has 5 nitrogen and oxygen atoms in total. The van der Waals surface area contributed by atoms with E-state index < -0.39 is 11.9 Å². The number of aromatic nitrogens is 1. The standard InChI is InChI=1S/C11H13F3N4O/c12-11(13,14)8-4-3-7(9(15)17-19)10(16-8)18-5-1-2-6-18/h3-4,19H,1-2,5-6H2,(H2,15,17). The third-order valence-corrected chi connectivity index (χ3v) is 2.95. The molecular formula is C11H13F3N4O. The minimum atomic E-state index is -4.52. The molecule has 1 saturated heterocycles. The van der Waals surface area contributed by atoms with E-state index in [1.165, 1.54) is 6.07 Å². The van der Waals surface area contributed by atoms with E-state index in [-0.39, 0.29) is 17.2 Å². The number of halogens is 3. The fraction of sp³-hybridized carbons (Fsp3) is 0.455. The first-order chi connectivity index (χ1) is 8.93. The second kappa shape index (κ2) is 4.94. The number of amidine groups is 1. The number of pyridine rings is 1. The molecule has 2 heterocycles. The van der Waals surface area contributed by atoms with Crippen molar-refractivity contribution in [3.05, 3.63) is 23.4 Å². The van der Waals surface area contributed by atoms with Crippen LogP contribution in [0.3, 0.4) is 0 Å². The smallest absolute Gasteiger partial charge is 0.409 e. The van der Waals surface area contributed by atoms with Gasteiger partial charge in [-0.15, -0.1) is 0 Å². The molecule has 3 N–H and O–H groups in total. The van der Waals surface area contributed by atoms with Crippen molar-refractivity contribution >= 4 is 11.7 Å². The van der Waals surface area contributed by atoms with Gasteiger partial charge in [0.05, 0.1) is 5.56 Å². The van der Waals surface area contributed by atoms with Crippen LogP contribution in [0.1, 0.15) is 24.1 Å². The minimum Gasteiger partial charge on any atom is -0.409 e. The summed E-state index contributed by atoms with van der Waals surface area (Å²) in [6, 6.07) is 2.01. The SMILES string of the molecule is NC(=NO)c1ccc(C(F)(F)F)nc1N1CCCC1. The molecular weight excluding hydrogens is 261 g/mol. The van der Waals surface area contributed by atoms with Gasteiger partial charge >= 0.3 is 6.18 Å². The van der Waals surface area contributed by atoms with E-state index >= 15 is 0 Å². The summed E-state index contributed by atoms with van der Waals surface area (Å²) in [6.07, 6.45) is -2.75. The molecule has 1 fully saturated rings. The van der Waals surface area contributed by atoms with Crippen LogP contribution in [0.25, 0.3) is 0 Å². The first-order valence-electron chi connectivity index (χ1n) is 5.74. The molecule has 1 aromatic heterocycles. The van der Waals surface area contributed by atoms with Gasteiger partial charge in [-0.1, -0.05) is 5.16 Å². The Morgan fingerprint density at radius 2 is 1.95 bits per heavy atom. The summed E-state index contributed by atoms with van der Waals surface area (Å²) in [5.74, 6) is -0.134. The van der Waals surface area contributed by atoms with E-state index in [4.69, 9.17) is 10.9 Å². The van der Waals surface area contributed by atoms with Crippen molar-refractivity contribution in [2.75, 3.05) is 18.0 Å². The molecule has 0 bridgehead atoms. The second-order valence-corrected chi connectivity index (χ2v) is 4.24. The lowest BCUT2D eigenvalue weighted by atomic mass is 10.2. The maximum atomic E-state index is 12.7. The quantitative estimate of drug-likeness (QED) is 0.373. The van der Waals surface area contributed by atoms with Crippen molar-refractivity contribution in [2.45, 2.75) is 19.0 Å². The molecule has 19 heavy (non-hydrogen) atoms. The molecule has 0 amide bonds. The highest BCUT2D eigenvalue weighted by Crippen LogP contribution is 2.31. The van der Waals surface area contributed by atoms with Gasteiger partial charge in [0, 0.05) is 13.1 Å². The average Bonchev–Trinajstić information content (AvgIpc) is 2.89. The first kappa shape index (κ1) is 13.4. The molecule has 0 aromatic carbocycles. The zero-order chi connectivity index (χ0) is 14.0. The summed E-state index contributed by atoms with van der Waals surface area (Å²) < 4.78 is 38.0. The van der Waals surface area contributed by atoms with E-state index in [2.05, 4.69) is 10.1 Å². The topological polar surface area (TPSA) is 74.7 Å². The van der Waals surface area contributed by atoms with E-state index in [0.717, 1.165) is 18.9 Å². The molecule has 1 aromatic rings. The van der Waals surface area contributed by atoms with Gasteiger partial charge in [0.2, 0.25) is 0 Å². The average molecular weight is 274 g/mol. The van der Waals surface area contributed by atoms with Crippen LogP contribution in [0.5, 0.6) is 0 Å². The van der Waals surface area contributed by atoms with E-state index in [0.29, 0.717) is 13.1 Å². The summed E-state index contributed by atoms with van der Waals surface area (Å²) in [5.41, 5.74) is 4.70. The van der Waals surface area contributed by atoms with Crippen LogP contribution in [0.15, 0.2) is 17.3 Å². The summed E-state index contributed by atoms with van der Waals surface area (Å²) >= 11 is 0. The summed E-state index contributed by atoms with van der Waals surface area (Å²) in [6.45, 7) is 1.22. The number of rotatable bonds is 2. The second-order valence-electron chi connectivity index (χ2n) is 4.24. The number of oxime groups is 1. The molecule has 1 aliphatic heterocycles. The Kier molecular flexibility index (Phi) is 3.50. The number of nitrogens with two attached hydrogens (primary N) is 1. The van der Waals surface area contributed by atoms with Crippen LogP contribution >= 0.6 is 0 Å². The molecule has 0 saturated carbocycles. The fourth-order valence-electron chi connectivity index (χ4n) is 2.03. The Morgan fingerprint density at radius 1 is 1.32 bits per heavy atom. The summed E-state index contributed by atoms with van der Waals surface area (Å²) in [4.78, 5) is 5.33. The Morgan fingerprint density at radius 3 is 2.47 bits per heavy atom. The molecule has 0 spiro atoms. The van der Waals surface area contributed by atoms with Crippen molar-refractivity contribution in [2.24, 2.45) is 10.9 Å². The van der Waals surface area contributed by atoms with Crippen LogP contribution < -0.4 is 10.6 Å². The Bertz CT molecular complexity index is 495. The summed E-state index contributed by atoms with van der Waals surface area (Å²) in [7, 11) is 0. The fourth-order valence-corrected chi connectivity index (χ4v) is 2.03. The minimum absolute atomic E-state index is 0.114. The lowest BCUT2D eigenvalue weighted by Gasteiger charge is -2.20. The van der Waals surface area contributed by atoms with Gasteiger partial charge in [-0.25, -0.2) is 4.98 Å². The number of hydrogen-bond donors (Lipinski definition) is 2. The van der Waals surface area contributed by atoms with E-state index in [1.54, 1.807) is 4.90 Å². The third kappa shape index (κ3) is 2.72. The zero-order valence-electron chi connectivity index (χ0n) is 9.98. The van der Waals surface area contributed by atoms with E-state index in [9.17, 15) is 13.2 Å². The van der Waals surface area contributed by atoms with Gasteiger partial charge in [0.15, 0.2) is 5.84 Å². The van der Waals surface area contributed by atoms with Crippen LogP contribution in [-0.2, 0) is 6.18 Å². The molecule has 0 atom stereocenters. The maximum Gasteiger partial charge on any atom is 0.433 e. The number of hydrogen-bond acceptors (Lipinski definition) is 4. The normalized spacial score (nSPS) is 17.0. The van der Waals surface area contributed by atoms with Gasteiger partial charge in [-0.3, -0.25) is 0 Å². The number of alkyl halides is 3. The maximum absolute atomic E-state index is 12.7. The Balaban J connectivity index is 2.50. The Labute approximate surface area is 107 Å². The highest BCUT2D eigenvalue weighted by molar-refractivity contribution is 6.01. The predicted molar refractivity (Wildman–Crippen MR) is 63.2 cm³/mol. The molecule has 2 rings (SSSR count). The van der Waals surface area contributed by atoms with Gasteiger partial charge in [0.25, 0.3) is 0 Å². The molecule has 0 aliphatic carbocycles. The van der Waals surface area contributed by atoms with Crippen LogP contribution in [0.4, 0.5) is 19.0 Å². The molecule has 104 valence electrons. The highest BCUT2D eigenvalue weighted by Gasteiger charge is 2.34. The van der Waals surface area contributed by atoms with Gasteiger partial charge in [0.1, 0.15) is 11.5 Å². The summed E-state index contributed by atoms with van der Waals surface area (Å²) in [5, 5.41) is 11.5. The van der Waals surface area contributed by atoms with Gasteiger partial charge < -0.3 is 15.8 Å². The number of nitrogens with zero attached hydrogens (tertiary/aromatic N) is 3. The van der Waals surface area contributed by atoms with Crippen molar-refractivity contribution in [3.63, 3.8) is 0 Å². The zero-order valence-corrected chi connectivity index (χ0v) is 9.98. The molecule has 0 unspecified atom stereocenters. The Hall–Kier alpha value is -1.99. The molecule has 1 aliphatic rings.